The van der Waals surface area contributed by atoms with Gasteiger partial charge in [-0.1, -0.05) is 0 Å². The summed E-state index contributed by atoms with van der Waals surface area (Å²) in [5, 5.41) is 9.83. The number of aliphatic hydroxyl groups is 1. The van der Waals surface area contributed by atoms with Crippen molar-refractivity contribution in [3.8, 4) is 0 Å². The molecule has 18 heavy (non-hydrogen) atoms. The molecule has 1 fully saturated rings. The number of amides is 1. The fourth-order valence-corrected chi connectivity index (χ4v) is 2.45. The van der Waals surface area contributed by atoms with E-state index >= 15 is 0 Å². The first-order chi connectivity index (χ1) is 8.54. The van der Waals surface area contributed by atoms with Crippen LogP contribution < -0.4 is 10.6 Å². The minimum absolute atomic E-state index is 0.247. The van der Waals surface area contributed by atoms with Gasteiger partial charge >= 0.3 is 5.91 Å². The number of aliphatic imine (C=N–C) groups is 1. The molecule has 0 radical (unpaired) electrons. The highest BCUT2D eigenvalue weighted by atomic mass is 16.3. The van der Waals surface area contributed by atoms with Gasteiger partial charge in [-0.2, -0.15) is 0 Å². The van der Waals surface area contributed by atoms with Gasteiger partial charge in [-0.25, -0.2) is 4.79 Å². The Morgan fingerprint density at radius 3 is 2.89 bits per heavy atom. The standard InChI is InChI=1S/C13H17N3O2/c1-8-7-9(3-4-10(8)15-2)16-6-5-11(17)12(16)13(14)18/h3-4,7,11-12,17H,2,5-6H2,1H3,(H2,14,18)/p+1. The molecule has 1 saturated heterocycles. The first-order valence-corrected chi connectivity index (χ1v) is 5.92. The zero-order chi connectivity index (χ0) is 13.3. The number of benzene rings is 1. The van der Waals surface area contributed by atoms with Crippen molar-refractivity contribution in [1.29, 1.82) is 0 Å². The van der Waals surface area contributed by atoms with E-state index in [2.05, 4.69) is 17.4 Å². The molecule has 2 atom stereocenters. The fourth-order valence-electron chi connectivity index (χ4n) is 2.45. The maximum atomic E-state index is 11.5. The molecule has 1 aliphatic rings. The minimum Gasteiger partial charge on any atom is -0.390 e. The Labute approximate surface area is 106 Å². The zero-order valence-electron chi connectivity index (χ0n) is 10.5. The molecule has 2 rings (SSSR count). The van der Waals surface area contributed by atoms with Gasteiger partial charge in [-0.05, 0) is 43.8 Å². The summed E-state index contributed by atoms with van der Waals surface area (Å²) in [5.74, 6) is -0.247. The van der Waals surface area contributed by atoms with Gasteiger partial charge in [-0.3, -0.25) is 10.7 Å². The molecular weight excluding hydrogens is 230 g/mol. The van der Waals surface area contributed by atoms with E-state index in [0.717, 1.165) is 16.9 Å². The fraction of sp³-hybridized carbons (Fsp3) is 0.385. The first kappa shape index (κ1) is 12.7. The first-order valence-electron chi connectivity index (χ1n) is 5.92. The Morgan fingerprint density at radius 1 is 1.61 bits per heavy atom. The average molecular weight is 248 g/mol. The highest BCUT2D eigenvalue weighted by molar-refractivity contribution is 5.78. The molecule has 1 aromatic carbocycles. The van der Waals surface area contributed by atoms with E-state index in [1.165, 1.54) is 0 Å². The maximum absolute atomic E-state index is 11.5. The lowest BCUT2D eigenvalue weighted by Crippen LogP contribution is -2.67. The molecular formula is C13H18N3O2+. The third kappa shape index (κ3) is 2.14. The van der Waals surface area contributed by atoms with E-state index in [-0.39, 0.29) is 5.91 Å². The summed E-state index contributed by atoms with van der Waals surface area (Å²) in [4.78, 5) is 17.3. The topological polar surface area (TPSA) is 80.5 Å². The Kier molecular flexibility index (Phi) is 3.45. The molecule has 0 aromatic heterocycles. The Bertz CT molecular complexity index is 487. The van der Waals surface area contributed by atoms with Crippen LogP contribution in [0.3, 0.4) is 0 Å². The van der Waals surface area contributed by atoms with Crippen molar-refractivity contribution in [3.05, 3.63) is 23.8 Å². The molecule has 1 aliphatic heterocycles. The lowest BCUT2D eigenvalue weighted by atomic mass is 10.1. The van der Waals surface area contributed by atoms with Gasteiger partial charge in [0.25, 0.3) is 0 Å². The second kappa shape index (κ2) is 4.88. The van der Waals surface area contributed by atoms with Crippen molar-refractivity contribution in [2.75, 3.05) is 11.4 Å². The van der Waals surface area contributed by atoms with Crippen LogP contribution in [0.15, 0.2) is 23.2 Å². The number of hydrogen-bond acceptors (Lipinski definition) is 4. The van der Waals surface area contributed by atoms with E-state index in [1.807, 2.05) is 30.0 Å². The number of nitrogens with zero attached hydrogens (tertiary/aromatic N) is 2. The van der Waals surface area contributed by atoms with Crippen LogP contribution in [0.25, 0.3) is 0 Å². The number of aliphatic hydroxyl groups excluding tert-OH is 1. The predicted octanol–water partition coefficient (Wildman–Crippen LogP) is 0.0352. The van der Waals surface area contributed by atoms with Crippen LogP contribution in [0.2, 0.25) is 0 Å². The summed E-state index contributed by atoms with van der Waals surface area (Å²) in [7, 11) is 0. The van der Waals surface area contributed by atoms with Crippen LogP contribution in [0, 0.1) is 6.92 Å². The summed E-state index contributed by atoms with van der Waals surface area (Å²) < 4.78 is 0. The SMILES string of the molecule is C=Nc1ccc(N2CCC(O)C2C([NH3+])=O)cc1C. The molecule has 0 aliphatic carbocycles. The minimum atomic E-state index is -0.632. The molecule has 5 heteroatoms. The molecule has 0 spiro atoms. The quantitative estimate of drug-likeness (QED) is 0.741. The van der Waals surface area contributed by atoms with Gasteiger partial charge in [0.05, 0.1) is 11.8 Å². The van der Waals surface area contributed by atoms with Crippen molar-refractivity contribution < 1.29 is 15.6 Å². The van der Waals surface area contributed by atoms with Gasteiger partial charge < -0.3 is 10.0 Å². The smallest absolute Gasteiger partial charge is 0.334 e. The summed E-state index contributed by atoms with van der Waals surface area (Å²) in [6.45, 7) is 6.11. The Morgan fingerprint density at radius 2 is 2.33 bits per heavy atom. The van der Waals surface area contributed by atoms with Crippen molar-refractivity contribution in [2.45, 2.75) is 25.5 Å². The van der Waals surface area contributed by atoms with Gasteiger partial charge in [-0.15, -0.1) is 0 Å². The van der Waals surface area contributed by atoms with Gasteiger partial charge in [0.15, 0.2) is 6.04 Å². The van der Waals surface area contributed by atoms with E-state index in [9.17, 15) is 9.90 Å². The molecule has 2 unspecified atom stereocenters. The highest BCUT2D eigenvalue weighted by Gasteiger charge is 2.39. The largest absolute Gasteiger partial charge is 0.390 e. The van der Waals surface area contributed by atoms with Gasteiger partial charge in [0.1, 0.15) is 0 Å². The average Bonchev–Trinajstić information content (AvgIpc) is 2.71. The number of quaternary nitrogens is 1. The zero-order valence-corrected chi connectivity index (χ0v) is 10.5. The molecule has 0 saturated carbocycles. The molecule has 1 amide bonds. The number of carbonyl (C=O) groups excluding carboxylic acids is 1. The van der Waals surface area contributed by atoms with Crippen LogP contribution in [0.4, 0.5) is 11.4 Å². The lowest BCUT2D eigenvalue weighted by molar-refractivity contribution is -0.308. The second-order valence-corrected chi connectivity index (χ2v) is 4.59. The van der Waals surface area contributed by atoms with E-state index in [0.29, 0.717) is 13.0 Å². The van der Waals surface area contributed by atoms with Crippen molar-refractivity contribution in [3.63, 3.8) is 0 Å². The van der Waals surface area contributed by atoms with Crippen LogP contribution >= 0.6 is 0 Å². The van der Waals surface area contributed by atoms with Crippen molar-refractivity contribution in [2.24, 2.45) is 4.99 Å². The Balaban J connectivity index is 2.34. The lowest BCUT2D eigenvalue weighted by Gasteiger charge is -2.24. The Hall–Kier alpha value is -1.72. The molecule has 1 heterocycles. The predicted molar refractivity (Wildman–Crippen MR) is 70.0 cm³/mol. The molecule has 0 bridgehead atoms. The maximum Gasteiger partial charge on any atom is 0.334 e. The van der Waals surface area contributed by atoms with Gasteiger partial charge in [0, 0.05) is 12.2 Å². The van der Waals surface area contributed by atoms with Crippen molar-refractivity contribution >= 4 is 24.0 Å². The third-order valence-electron chi connectivity index (χ3n) is 3.38. The van der Waals surface area contributed by atoms with Crippen LogP contribution in [0.1, 0.15) is 12.0 Å². The number of hydrogen-bond donors (Lipinski definition) is 2. The molecule has 96 valence electrons. The highest BCUT2D eigenvalue weighted by Crippen LogP contribution is 2.29. The van der Waals surface area contributed by atoms with Crippen LogP contribution in [0.5, 0.6) is 0 Å². The summed E-state index contributed by atoms with van der Waals surface area (Å²) in [5.41, 5.74) is 6.18. The summed E-state index contributed by atoms with van der Waals surface area (Å²) in [6.07, 6.45) is -0.0422. The second-order valence-electron chi connectivity index (χ2n) is 4.59. The third-order valence-corrected chi connectivity index (χ3v) is 3.38. The molecule has 4 N–H and O–H groups in total. The normalized spacial score (nSPS) is 23.2. The number of anilines is 1. The van der Waals surface area contributed by atoms with Gasteiger partial charge in [0.2, 0.25) is 0 Å². The van der Waals surface area contributed by atoms with Crippen LogP contribution in [-0.4, -0.2) is 36.4 Å². The summed E-state index contributed by atoms with van der Waals surface area (Å²) >= 11 is 0. The van der Waals surface area contributed by atoms with Crippen molar-refractivity contribution in [1.82, 2.24) is 0 Å². The number of aryl methyl sites for hydroxylation is 1. The summed E-state index contributed by atoms with van der Waals surface area (Å²) in [6, 6.07) is 5.18. The molecule has 1 aromatic rings. The number of rotatable bonds is 3. The molecule has 5 nitrogen and oxygen atoms in total. The van der Waals surface area contributed by atoms with Crippen LogP contribution in [-0.2, 0) is 4.79 Å². The number of carbonyl (C=O) groups is 1. The monoisotopic (exact) mass is 248 g/mol. The van der Waals surface area contributed by atoms with E-state index < -0.39 is 12.1 Å². The van der Waals surface area contributed by atoms with E-state index in [4.69, 9.17) is 0 Å². The van der Waals surface area contributed by atoms with E-state index in [1.54, 1.807) is 0 Å².